The van der Waals surface area contributed by atoms with Gasteiger partial charge in [0.1, 0.15) is 5.82 Å². The highest BCUT2D eigenvalue weighted by atomic mass is 16.2. The Morgan fingerprint density at radius 2 is 1.82 bits per heavy atom. The van der Waals surface area contributed by atoms with Gasteiger partial charge in [0.05, 0.1) is 0 Å². The van der Waals surface area contributed by atoms with Gasteiger partial charge < -0.3 is 10.3 Å². The second-order valence-corrected chi connectivity index (χ2v) is 7.06. The van der Waals surface area contributed by atoms with Crippen molar-refractivity contribution in [3.8, 4) is 0 Å². The summed E-state index contributed by atoms with van der Waals surface area (Å²) in [7, 11) is 1.50. The minimum atomic E-state index is -0.484. The molecule has 0 aromatic carbocycles. The molecule has 0 saturated heterocycles. The average molecular weight is 307 g/mol. The van der Waals surface area contributed by atoms with Crippen molar-refractivity contribution in [2.24, 2.45) is 18.7 Å². The van der Waals surface area contributed by atoms with Crippen molar-refractivity contribution in [1.82, 2.24) is 18.7 Å². The molecule has 0 atom stereocenters. The average Bonchev–Trinajstić information content (AvgIpc) is 2.67. The number of nitrogens with zero attached hydrogens (tertiary/aromatic N) is 4. The molecule has 0 radical (unpaired) electrons. The molecule has 7 nitrogen and oxygen atoms in total. The molecule has 2 rings (SSSR count). The zero-order valence-electron chi connectivity index (χ0n) is 14.2. The van der Waals surface area contributed by atoms with Crippen LogP contribution in [0.1, 0.15) is 33.5 Å². The van der Waals surface area contributed by atoms with Gasteiger partial charge in [-0.15, -0.1) is 0 Å². The first kappa shape index (κ1) is 16.5. The Labute approximate surface area is 129 Å². The number of rotatable bonds is 4. The van der Waals surface area contributed by atoms with Crippen LogP contribution in [-0.4, -0.2) is 24.2 Å². The van der Waals surface area contributed by atoms with Gasteiger partial charge >= 0.3 is 5.69 Å². The summed E-state index contributed by atoms with van der Waals surface area (Å²) in [6.07, 6.45) is 0. The first-order valence-corrected chi connectivity index (χ1v) is 7.48. The molecule has 0 saturated carbocycles. The summed E-state index contributed by atoms with van der Waals surface area (Å²) >= 11 is 0. The SMILES string of the molecule is Cc1nc2c(c(=O)n(C)c(=O)n2CC(C)C)n1CC(C)(C)N. The lowest BCUT2D eigenvalue weighted by Gasteiger charge is -2.20. The van der Waals surface area contributed by atoms with E-state index in [1.54, 1.807) is 4.57 Å². The zero-order valence-corrected chi connectivity index (χ0v) is 14.2. The number of imidazole rings is 1. The molecule has 122 valence electrons. The number of hydrogen-bond donors (Lipinski definition) is 1. The minimum absolute atomic E-state index is 0.273. The first-order chi connectivity index (χ1) is 10.0. The quantitative estimate of drug-likeness (QED) is 0.896. The number of fused-ring (bicyclic) bond motifs is 1. The second-order valence-electron chi connectivity index (χ2n) is 7.06. The van der Waals surface area contributed by atoms with Gasteiger partial charge in [-0.1, -0.05) is 13.8 Å². The maximum absolute atomic E-state index is 12.6. The highest BCUT2D eigenvalue weighted by molar-refractivity contribution is 5.71. The summed E-state index contributed by atoms with van der Waals surface area (Å²) in [4.78, 5) is 29.4. The molecule has 0 bridgehead atoms. The lowest BCUT2D eigenvalue weighted by molar-refractivity contribution is 0.434. The van der Waals surface area contributed by atoms with Crippen LogP contribution in [0.4, 0.5) is 0 Å². The van der Waals surface area contributed by atoms with Crippen LogP contribution in [0.2, 0.25) is 0 Å². The molecule has 0 aliphatic heterocycles. The molecule has 2 aromatic rings. The molecule has 0 unspecified atom stereocenters. The first-order valence-electron chi connectivity index (χ1n) is 7.48. The predicted molar refractivity (Wildman–Crippen MR) is 87.1 cm³/mol. The Balaban J connectivity index is 2.87. The third-order valence-corrected chi connectivity index (χ3v) is 3.53. The van der Waals surface area contributed by atoms with Crippen LogP contribution in [0, 0.1) is 12.8 Å². The largest absolute Gasteiger partial charge is 0.332 e. The smallest absolute Gasteiger partial charge is 0.324 e. The molecule has 0 aliphatic rings. The summed E-state index contributed by atoms with van der Waals surface area (Å²) in [6, 6.07) is 0. The lowest BCUT2D eigenvalue weighted by atomic mass is 10.1. The molecule has 0 aliphatic carbocycles. The van der Waals surface area contributed by atoms with E-state index in [2.05, 4.69) is 4.98 Å². The number of aryl methyl sites for hydroxylation is 1. The van der Waals surface area contributed by atoms with Gasteiger partial charge in [0.25, 0.3) is 5.56 Å². The molecular weight excluding hydrogens is 282 g/mol. The van der Waals surface area contributed by atoms with Crippen LogP contribution in [0.15, 0.2) is 9.59 Å². The van der Waals surface area contributed by atoms with Gasteiger partial charge in [-0.05, 0) is 26.7 Å². The maximum atomic E-state index is 12.6. The van der Waals surface area contributed by atoms with Crippen molar-refractivity contribution in [3.63, 3.8) is 0 Å². The van der Waals surface area contributed by atoms with Gasteiger partial charge in [-0.2, -0.15) is 0 Å². The highest BCUT2D eigenvalue weighted by Crippen LogP contribution is 2.15. The Bertz CT molecular complexity index is 818. The van der Waals surface area contributed by atoms with Crippen molar-refractivity contribution >= 4 is 11.2 Å². The van der Waals surface area contributed by atoms with Gasteiger partial charge in [0.15, 0.2) is 11.2 Å². The van der Waals surface area contributed by atoms with Crippen LogP contribution < -0.4 is 17.0 Å². The van der Waals surface area contributed by atoms with E-state index in [0.29, 0.717) is 30.1 Å². The van der Waals surface area contributed by atoms with E-state index in [4.69, 9.17) is 5.73 Å². The molecule has 0 spiro atoms. The zero-order chi connectivity index (χ0) is 16.8. The van der Waals surface area contributed by atoms with E-state index in [0.717, 1.165) is 4.57 Å². The fraction of sp³-hybridized carbons (Fsp3) is 0.667. The summed E-state index contributed by atoms with van der Waals surface area (Å²) in [5, 5.41) is 0. The van der Waals surface area contributed by atoms with Gasteiger partial charge in [0, 0.05) is 25.7 Å². The van der Waals surface area contributed by atoms with Crippen molar-refractivity contribution < 1.29 is 0 Å². The highest BCUT2D eigenvalue weighted by Gasteiger charge is 2.22. The van der Waals surface area contributed by atoms with E-state index < -0.39 is 5.54 Å². The van der Waals surface area contributed by atoms with Crippen molar-refractivity contribution in [2.75, 3.05) is 0 Å². The third-order valence-electron chi connectivity index (χ3n) is 3.53. The van der Waals surface area contributed by atoms with Crippen LogP contribution in [0.3, 0.4) is 0 Å². The Morgan fingerprint density at radius 3 is 2.32 bits per heavy atom. The topological polar surface area (TPSA) is 87.8 Å². The minimum Gasteiger partial charge on any atom is -0.324 e. The van der Waals surface area contributed by atoms with Crippen LogP contribution >= 0.6 is 0 Å². The monoisotopic (exact) mass is 307 g/mol. The van der Waals surface area contributed by atoms with Crippen LogP contribution in [0.25, 0.3) is 11.2 Å². The van der Waals surface area contributed by atoms with Crippen LogP contribution in [-0.2, 0) is 20.1 Å². The number of aromatic nitrogens is 4. The fourth-order valence-electron chi connectivity index (χ4n) is 2.60. The maximum Gasteiger partial charge on any atom is 0.332 e. The fourth-order valence-corrected chi connectivity index (χ4v) is 2.60. The molecule has 2 N–H and O–H groups in total. The summed E-state index contributed by atoms with van der Waals surface area (Å²) < 4.78 is 4.54. The van der Waals surface area contributed by atoms with E-state index in [1.807, 2.05) is 39.2 Å². The standard InChI is InChI=1S/C15H25N5O2/c1-9(2)7-19-12-11(13(21)18(6)14(19)22)20(10(3)17-12)8-15(4,5)16/h9H,7-8,16H2,1-6H3. The molecule has 2 aromatic heterocycles. The van der Waals surface area contributed by atoms with E-state index in [9.17, 15) is 9.59 Å². The van der Waals surface area contributed by atoms with Gasteiger partial charge in [-0.3, -0.25) is 13.9 Å². The summed E-state index contributed by atoms with van der Waals surface area (Å²) in [5.74, 6) is 0.962. The predicted octanol–water partition coefficient (Wildman–Crippen LogP) is 0.598. The summed E-state index contributed by atoms with van der Waals surface area (Å²) in [6.45, 7) is 10.7. The Hall–Kier alpha value is -1.89. The molecule has 0 amide bonds. The second kappa shape index (κ2) is 5.39. The van der Waals surface area contributed by atoms with Gasteiger partial charge in [0.2, 0.25) is 0 Å². The molecule has 22 heavy (non-hydrogen) atoms. The number of nitrogens with two attached hydrogens (primary N) is 1. The molecule has 2 heterocycles. The van der Waals surface area contributed by atoms with E-state index in [1.165, 1.54) is 7.05 Å². The van der Waals surface area contributed by atoms with Crippen molar-refractivity contribution in [2.45, 2.75) is 53.2 Å². The van der Waals surface area contributed by atoms with E-state index >= 15 is 0 Å². The van der Waals surface area contributed by atoms with Crippen LogP contribution in [0.5, 0.6) is 0 Å². The van der Waals surface area contributed by atoms with Crippen molar-refractivity contribution in [1.29, 1.82) is 0 Å². The lowest BCUT2D eigenvalue weighted by Crippen LogP contribution is -2.41. The van der Waals surface area contributed by atoms with E-state index in [-0.39, 0.29) is 17.2 Å². The number of hydrogen-bond acceptors (Lipinski definition) is 4. The Morgan fingerprint density at radius 1 is 1.23 bits per heavy atom. The molecule has 0 fully saturated rings. The normalized spacial score (nSPS) is 12.5. The Kier molecular flexibility index (Phi) is 4.04. The van der Waals surface area contributed by atoms with Gasteiger partial charge in [-0.25, -0.2) is 9.78 Å². The molecule has 7 heteroatoms. The van der Waals surface area contributed by atoms with Crippen molar-refractivity contribution in [3.05, 3.63) is 26.7 Å². The molecular formula is C15H25N5O2. The summed E-state index contributed by atoms with van der Waals surface area (Å²) in [5.41, 5.74) is 5.85. The third kappa shape index (κ3) is 2.85.